The number of rotatable bonds is 7. The lowest BCUT2D eigenvalue weighted by atomic mass is 10.2. The van der Waals surface area contributed by atoms with Crippen molar-refractivity contribution in [2.75, 3.05) is 51.1 Å². The lowest BCUT2D eigenvalue weighted by molar-refractivity contribution is 0.0639. The topological polar surface area (TPSA) is 62.6 Å². The molecule has 0 spiro atoms. The third kappa shape index (κ3) is 3.77. The maximum Gasteiger partial charge on any atom is 0.227 e. The quantitative estimate of drug-likeness (QED) is 0.729. The third-order valence-electron chi connectivity index (χ3n) is 5.56. The minimum atomic E-state index is 0.183. The number of anilines is 2. The SMILES string of the molecule is CO[C@@H]1CN(c2ccnc(N(C)Cc3nccn3C3CC3)n2)C[C@@H]1N(C)C. The molecule has 1 saturated carbocycles. The fourth-order valence-electron chi connectivity index (χ4n) is 3.80. The van der Waals surface area contributed by atoms with E-state index in [1.54, 1.807) is 7.11 Å². The van der Waals surface area contributed by atoms with Gasteiger partial charge in [-0.15, -0.1) is 0 Å². The molecule has 4 rings (SSSR count). The largest absolute Gasteiger partial charge is 0.378 e. The maximum absolute atomic E-state index is 5.68. The molecule has 0 amide bonds. The van der Waals surface area contributed by atoms with E-state index in [2.05, 4.69) is 49.5 Å². The molecule has 0 unspecified atom stereocenters. The second-order valence-corrected chi connectivity index (χ2v) is 7.76. The zero-order valence-electron chi connectivity index (χ0n) is 16.6. The van der Waals surface area contributed by atoms with E-state index >= 15 is 0 Å². The molecule has 0 bridgehead atoms. The van der Waals surface area contributed by atoms with Crippen LogP contribution in [0.25, 0.3) is 0 Å². The van der Waals surface area contributed by atoms with Gasteiger partial charge in [-0.05, 0) is 33.0 Å². The van der Waals surface area contributed by atoms with Crippen LogP contribution >= 0.6 is 0 Å². The number of aromatic nitrogens is 4. The van der Waals surface area contributed by atoms with Crippen LogP contribution in [0.1, 0.15) is 24.7 Å². The Morgan fingerprint density at radius 1 is 1.15 bits per heavy atom. The summed E-state index contributed by atoms with van der Waals surface area (Å²) in [6, 6.07) is 2.96. The first-order chi connectivity index (χ1) is 13.1. The Hall–Kier alpha value is -2.19. The fourth-order valence-corrected chi connectivity index (χ4v) is 3.80. The summed E-state index contributed by atoms with van der Waals surface area (Å²) in [5.74, 6) is 2.74. The van der Waals surface area contributed by atoms with Crippen molar-refractivity contribution >= 4 is 11.8 Å². The Balaban J connectivity index is 1.48. The molecule has 2 aromatic rings. The molecule has 8 heteroatoms. The number of hydrogen-bond acceptors (Lipinski definition) is 7. The third-order valence-corrected chi connectivity index (χ3v) is 5.56. The van der Waals surface area contributed by atoms with Gasteiger partial charge in [0.05, 0.1) is 18.7 Å². The standard InChI is InChI=1S/C19H29N7O/c1-23(2)15-11-25(12-16(15)27-4)17-7-8-21-19(22-17)24(3)13-18-20-9-10-26(18)14-5-6-14/h7-10,14-16H,5-6,11-13H2,1-4H3/t15-,16+/m0/s1. The molecule has 2 atom stereocenters. The summed E-state index contributed by atoms with van der Waals surface area (Å²) in [5.41, 5.74) is 0. The molecule has 2 aromatic heterocycles. The Morgan fingerprint density at radius 2 is 1.96 bits per heavy atom. The van der Waals surface area contributed by atoms with Gasteiger partial charge < -0.3 is 24.0 Å². The molecule has 2 fully saturated rings. The van der Waals surface area contributed by atoms with E-state index in [4.69, 9.17) is 9.72 Å². The van der Waals surface area contributed by atoms with Crippen LogP contribution in [-0.2, 0) is 11.3 Å². The molecule has 27 heavy (non-hydrogen) atoms. The summed E-state index contributed by atoms with van der Waals surface area (Å²) in [4.78, 5) is 20.4. The minimum absolute atomic E-state index is 0.183. The van der Waals surface area contributed by atoms with Crippen molar-refractivity contribution in [2.45, 2.75) is 37.6 Å². The summed E-state index contributed by atoms with van der Waals surface area (Å²) in [6.07, 6.45) is 8.49. The number of nitrogens with zero attached hydrogens (tertiary/aromatic N) is 7. The number of imidazole rings is 1. The van der Waals surface area contributed by atoms with Crippen molar-refractivity contribution in [3.63, 3.8) is 0 Å². The van der Waals surface area contributed by atoms with Crippen LogP contribution in [0.5, 0.6) is 0 Å². The van der Waals surface area contributed by atoms with Crippen LogP contribution in [0, 0.1) is 0 Å². The molecule has 146 valence electrons. The van der Waals surface area contributed by atoms with Gasteiger partial charge in [0.15, 0.2) is 0 Å². The molecule has 8 nitrogen and oxygen atoms in total. The fraction of sp³-hybridized carbons (Fsp3) is 0.632. The van der Waals surface area contributed by atoms with Crippen molar-refractivity contribution in [2.24, 2.45) is 0 Å². The molecular formula is C19H29N7O. The van der Waals surface area contributed by atoms with Gasteiger partial charge in [0.25, 0.3) is 0 Å². The maximum atomic E-state index is 5.68. The summed E-state index contributed by atoms with van der Waals surface area (Å²) in [5, 5.41) is 0. The van der Waals surface area contributed by atoms with Gasteiger partial charge in [-0.2, -0.15) is 4.98 Å². The molecule has 0 N–H and O–H groups in total. The van der Waals surface area contributed by atoms with Gasteiger partial charge in [0.2, 0.25) is 5.95 Å². The van der Waals surface area contributed by atoms with E-state index in [1.165, 1.54) is 12.8 Å². The number of methoxy groups -OCH3 is 1. The molecule has 0 aromatic carbocycles. The van der Waals surface area contributed by atoms with Gasteiger partial charge in [-0.1, -0.05) is 0 Å². The summed E-state index contributed by atoms with van der Waals surface area (Å²) < 4.78 is 7.96. The first kappa shape index (κ1) is 18.2. The zero-order chi connectivity index (χ0) is 19.0. The monoisotopic (exact) mass is 371 g/mol. The average Bonchev–Trinajstić information content (AvgIpc) is 3.24. The molecule has 3 heterocycles. The Morgan fingerprint density at radius 3 is 2.63 bits per heavy atom. The van der Waals surface area contributed by atoms with Gasteiger partial charge in [-0.25, -0.2) is 9.97 Å². The highest BCUT2D eigenvalue weighted by atomic mass is 16.5. The van der Waals surface area contributed by atoms with Crippen LogP contribution in [0.2, 0.25) is 0 Å². The second kappa shape index (κ2) is 7.44. The Labute approximate surface area is 160 Å². The molecule has 1 aliphatic heterocycles. The number of ether oxygens (including phenoxy) is 1. The lowest BCUT2D eigenvalue weighted by Gasteiger charge is -2.23. The molecule has 0 radical (unpaired) electrons. The van der Waals surface area contributed by atoms with Crippen molar-refractivity contribution in [1.82, 2.24) is 24.4 Å². The zero-order valence-corrected chi connectivity index (χ0v) is 16.6. The van der Waals surface area contributed by atoms with Crippen molar-refractivity contribution in [3.8, 4) is 0 Å². The lowest BCUT2D eigenvalue weighted by Crippen LogP contribution is -2.39. The summed E-state index contributed by atoms with van der Waals surface area (Å²) in [7, 11) is 8.00. The van der Waals surface area contributed by atoms with Crippen molar-refractivity contribution in [3.05, 3.63) is 30.5 Å². The van der Waals surface area contributed by atoms with Gasteiger partial charge in [0, 0.05) is 51.9 Å². The van der Waals surface area contributed by atoms with Crippen LogP contribution in [0.15, 0.2) is 24.7 Å². The van der Waals surface area contributed by atoms with E-state index in [1.807, 2.05) is 25.5 Å². The number of likely N-dealkylation sites (N-methyl/N-ethyl adjacent to an activating group) is 1. The number of hydrogen-bond donors (Lipinski definition) is 0. The van der Waals surface area contributed by atoms with Crippen LogP contribution in [-0.4, -0.2) is 77.9 Å². The minimum Gasteiger partial charge on any atom is -0.378 e. The predicted molar refractivity (Wildman–Crippen MR) is 105 cm³/mol. The van der Waals surface area contributed by atoms with Gasteiger partial charge in [-0.3, -0.25) is 0 Å². The van der Waals surface area contributed by atoms with E-state index in [-0.39, 0.29) is 6.10 Å². The molecule has 1 saturated heterocycles. The Bertz CT molecular complexity index is 773. The van der Waals surface area contributed by atoms with Crippen molar-refractivity contribution in [1.29, 1.82) is 0 Å². The first-order valence-electron chi connectivity index (χ1n) is 9.57. The van der Waals surface area contributed by atoms with E-state index in [0.29, 0.717) is 18.6 Å². The van der Waals surface area contributed by atoms with E-state index in [9.17, 15) is 0 Å². The highest BCUT2D eigenvalue weighted by Crippen LogP contribution is 2.35. The normalized spacial score (nSPS) is 22.6. The van der Waals surface area contributed by atoms with Crippen LogP contribution in [0.3, 0.4) is 0 Å². The summed E-state index contributed by atoms with van der Waals surface area (Å²) >= 11 is 0. The summed E-state index contributed by atoms with van der Waals surface area (Å²) in [6.45, 7) is 2.44. The molecule has 1 aliphatic carbocycles. The molecule has 2 aliphatic rings. The Kier molecular flexibility index (Phi) is 5.01. The van der Waals surface area contributed by atoms with Gasteiger partial charge in [0.1, 0.15) is 11.6 Å². The van der Waals surface area contributed by atoms with Crippen LogP contribution < -0.4 is 9.80 Å². The van der Waals surface area contributed by atoms with Crippen LogP contribution in [0.4, 0.5) is 11.8 Å². The first-order valence-corrected chi connectivity index (χ1v) is 9.57. The smallest absolute Gasteiger partial charge is 0.227 e. The predicted octanol–water partition coefficient (Wildman–Crippen LogP) is 1.41. The highest BCUT2D eigenvalue weighted by Gasteiger charge is 2.35. The van der Waals surface area contributed by atoms with Crippen molar-refractivity contribution < 1.29 is 4.74 Å². The van der Waals surface area contributed by atoms with E-state index in [0.717, 1.165) is 30.7 Å². The van der Waals surface area contributed by atoms with Gasteiger partial charge >= 0.3 is 0 Å². The second-order valence-electron chi connectivity index (χ2n) is 7.76. The van der Waals surface area contributed by atoms with E-state index < -0.39 is 0 Å². The average molecular weight is 371 g/mol. The highest BCUT2D eigenvalue weighted by molar-refractivity contribution is 5.45. The molecular weight excluding hydrogens is 342 g/mol.